The second kappa shape index (κ2) is 6.93. The Morgan fingerprint density at radius 1 is 1.41 bits per heavy atom. The molecule has 3 N–H and O–H groups in total. The first kappa shape index (κ1) is 13.5. The zero-order chi connectivity index (χ0) is 12.7. The van der Waals surface area contributed by atoms with Gasteiger partial charge in [0.1, 0.15) is 0 Å². The number of amides is 1. The molecule has 0 aromatic heterocycles. The van der Waals surface area contributed by atoms with Crippen LogP contribution in [0.25, 0.3) is 0 Å². The van der Waals surface area contributed by atoms with Gasteiger partial charge in [-0.15, -0.1) is 11.8 Å². The highest BCUT2D eigenvalue weighted by Crippen LogP contribution is 2.16. The van der Waals surface area contributed by atoms with Crippen molar-refractivity contribution in [1.82, 2.24) is 5.43 Å². The van der Waals surface area contributed by atoms with Gasteiger partial charge in [0.2, 0.25) is 0 Å². The maximum absolute atomic E-state index is 11.5. The Bertz CT molecular complexity index is 409. The van der Waals surface area contributed by atoms with Crippen molar-refractivity contribution < 1.29 is 14.3 Å². The number of carbonyl (C=O) groups excluding carboxylic acids is 2. The Labute approximate surface area is 104 Å². The normalized spacial score (nSPS) is 9.76. The summed E-state index contributed by atoms with van der Waals surface area (Å²) < 4.78 is 4.53. The Balaban J connectivity index is 2.64. The van der Waals surface area contributed by atoms with Gasteiger partial charge in [-0.1, -0.05) is 18.2 Å². The van der Waals surface area contributed by atoms with Gasteiger partial charge in [-0.3, -0.25) is 15.0 Å². The van der Waals surface area contributed by atoms with Crippen LogP contribution in [0.5, 0.6) is 0 Å². The van der Waals surface area contributed by atoms with Gasteiger partial charge in [-0.05, 0) is 11.6 Å². The Hall–Kier alpha value is -1.53. The van der Waals surface area contributed by atoms with Crippen molar-refractivity contribution in [2.24, 2.45) is 5.84 Å². The monoisotopic (exact) mass is 254 g/mol. The Morgan fingerprint density at radius 3 is 2.76 bits per heavy atom. The van der Waals surface area contributed by atoms with Crippen molar-refractivity contribution in [3.05, 3.63) is 35.4 Å². The van der Waals surface area contributed by atoms with Gasteiger partial charge in [-0.25, -0.2) is 5.84 Å². The third-order valence-electron chi connectivity index (χ3n) is 2.10. The number of carbonyl (C=O) groups is 2. The minimum atomic E-state index is -0.334. The van der Waals surface area contributed by atoms with Crippen molar-refractivity contribution in [3.8, 4) is 0 Å². The number of nitrogens with one attached hydrogen (secondary N) is 1. The number of benzene rings is 1. The topological polar surface area (TPSA) is 81.4 Å². The number of hydrazine groups is 1. The number of methoxy groups -OCH3 is 1. The lowest BCUT2D eigenvalue weighted by atomic mass is 10.1. The van der Waals surface area contributed by atoms with Crippen molar-refractivity contribution in [3.63, 3.8) is 0 Å². The smallest absolute Gasteiger partial charge is 0.315 e. The molecule has 1 amide bonds. The van der Waals surface area contributed by atoms with Crippen LogP contribution >= 0.6 is 11.8 Å². The van der Waals surface area contributed by atoms with Crippen LogP contribution in [0.15, 0.2) is 24.3 Å². The molecular weight excluding hydrogens is 240 g/mol. The molecule has 0 heterocycles. The summed E-state index contributed by atoms with van der Waals surface area (Å²) in [6.07, 6.45) is 0. The average Bonchev–Trinajstić information content (AvgIpc) is 2.38. The lowest BCUT2D eigenvalue weighted by molar-refractivity contribution is -0.137. The summed E-state index contributed by atoms with van der Waals surface area (Å²) in [7, 11) is 1.35. The summed E-state index contributed by atoms with van der Waals surface area (Å²) in [5.74, 6) is 5.29. The molecule has 0 saturated heterocycles. The first-order chi connectivity index (χ1) is 8.19. The Morgan fingerprint density at radius 2 is 2.12 bits per heavy atom. The van der Waals surface area contributed by atoms with Crippen LogP contribution in [0.3, 0.4) is 0 Å². The molecule has 1 rings (SSSR count). The molecule has 0 spiro atoms. The van der Waals surface area contributed by atoms with Gasteiger partial charge in [-0.2, -0.15) is 0 Å². The molecule has 17 heavy (non-hydrogen) atoms. The summed E-state index contributed by atoms with van der Waals surface area (Å²) in [6, 6.07) is 7.12. The van der Waals surface area contributed by atoms with Crippen LogP contribution in [0, 0.1) is 0 Å². The van der Waals surface area contributed by atoms with Gasteiger partial charge in [0.05, 0.1) is 12.9 Å². The summed E-state index contributed by atoms with van der Waals surface area (Å²) in [5.41, 5.74) is 3.45. The Kier molecular flexibility index (Phi) is 5.51. The molecule has 0 aliphatic carbocycles. The zero-order valence-electron chi connectivity index (χ0n) is 9.43. The van der Waals surface area contributed by atoms with E-state index in [0.29, 0.717) is 11.3 Å². The number of esters is 1. The van der Waals surface area contributed by atoms with Crippen molar-refractivity contribution in [2.45, 2.75) is 5.75 Å². The van der Waals surface area contributed by atoms with Crippen LogP contribution < -0.4 is 11.3 Å². The van der Waals surface area contributed by atoms with Gasteiger partial charge in [0.25, 0.3) is 5.91 Å². The fourth-order valence-corrected chi connectivity index (χ4v) is 2.11. The molecule has 0 aliphatic rings. The van der Waals surface area contributed by atoms with E-state index in [4.69, 9.17) is 5.84 Å². The second-order valence-corrected chi connectivity index (χ2v) is 4.19. The van der Waals surface area contributed by atoms with Gasteiger partial charge in [0.15, 0.2) is 0 Å². The van der Waals surface area contributed by atoms with Crippen molar-refractivity contribution >= 4 is 23.6 Å². The molecule has 5 nitrogen and oxygen atoms in total. The zero-order valence-corrected chi connectivity index (χ0v) is 10.3. The molecular formula is C11H14N2O3S. The van der Waals surface area contributed by atoms with Crippen LogP contribution in [0.1, 0.15) is 15.9 Å². The van der Waals surface area contributed by atoms with Gasteiger partial charge >= 0.3 is 5.97 Å². The SMILES string of the molecule is COC(=O)CSCc1ccccc1C(=O)NN. The van der Waals surface area contributed by atoms with Crippen LogP contribution in [0.2, 0.25) is 0 Å². The first-order valence-corrected chi connectivity index (χ1v) is 6.08. The summed E-state index contributed by atoms with van der Waals surface area (Å²) >= 11 is 1.39. The van der Waals surface area contributed by atoms with Crippen LogP contribution in [-0.4, -0.2) is 24.7 Å². The minimum absolute atomic E-state index is 0.259. The van der Waals surface area contributed by atoms with E-state index in [0.717, 1.165) is 5.56 Å². The highest BCUT2D eigenvalue weighted by molar-refractivity contribution is 7.99. The summed E-state index contributed by atoms with van der Waals surface area (Å²) in [6.45, 7) is 0. The lowest BCUT2D eigenvalue weighted by Gasteiger charge is -2.07. The molecule has 0 bridgehead atoms. The van der Waals surface area contributed by atoms with E-state index >= 15 is 0 Å². The number of nitrogen functional groups attached to an aromatic ring is 1. The van der Waals surface area contributed by atoms with E-state index < -0.39 is 0 Å². The average molecular weight is 254 g/mol. The minimum Gasteiger partial charge on any atom is -0.468 e. The van der Waals surface area contributed by atoms with E-state index in [1.807, 2.05) is 12.1 Å². The number of ether oxygens (including phenoxy) is 1. The fourth-order valence-electron chi connectivity index (χ4n) is 1.25. The van der Waals surface area contributed by atoms with Crippen LogP contribution in [0.4, 0.5) is 0 Å². The second-order valence-electron chi connectivity index (χ2n) is 3.20. The van der Waals surface area contributed by atoms with Crippen molar-refractivity contribution in [2.75, 3.05) is 12.9 Å². The first-order valence-electron chi connectivity index (χ1n) is 4.92. The highest BCUT2D eigenvalue weighted by atomic mass is 32.2. The third-order valence-corrected chi connectivity index (χ3v) is 3.05. The number of thioether (sulfide) groups is 1. The maximum atomic E-state index is 11.5. The van der Waals surface area contributed by atoms with E-state index in [1.165, 1.54) is 18.9 Å². The van der Waals surface area contributed by atoms with Gasteiger partial charge < -0.3 is 4.74 Å². The number of hydrogen-bond acceptors (Lipinski definition) is 5. The highest BCUT2D eigenvalue weighted by Gasteiger charge is 2.09. The predicted octanol–water partition coefficient (Wildman–Crippen LogP) is 0.696. The molecule has 6 heteroatoms. The molecule has 0 aliphatic heterocycles. The molecule has 0 saturated carbocycles. The van der Waals surface area contributed by atoms with Crippen molar-refractivity contribution in [1.29, 1.82) is 0 Å². The summed E-state index contributed by atoms with van der Waals surface area (Å²) in [4.78, 5) is 22.4. The van der Waals surface area contributed by atoms with E-state index in [2.05, 4.69) is 10.2 Å². The molecule has 0 unspecified atom stereocenters. The third kappa shape index (κ3) is 4.08. The molecule has 1 aromatic carbocycles. The van der Waals surface area contributed by atoms with Crippen LogP contribution in [-0.2, 0) is 15.3 Å². The number of rotatable bonds is 5. The lowest BCUT2D eigenvalue weighted by Crippen LogP contribution is -2.30. The standard InChI is InChI=1S/C11H14N2O3S/c1-16-10(14)7-17-6-8-4-2-3-5-9(8)11(15)13-12/h2-5H,6-7,12H2,1H3,(H,13,15). The number of nitrogens with two attached hydrogens (primary N) is 1. The summed E-state index contributed by atoms with van der Waals surface area (Å²) in [5, 5.41) is 0. The quantitative estimate of drug-likeness (QED) is 0.350. The molecule has 0 radical (unpaired) electrons. The van der Waals surface area contributed by atoms with Gasteiger partial charge in [0, 0.05) is 11.3 Å². The molecule has 0 fully saturated rings. The largest absolute Gasteiger partial charge is 0.468 e. The maximum Gasteiger partial charge on any atom is 0.315 e. The molecule has 92 valence electrons. The number of hydrogen-bond donors (Lipinski definition) is 2. The van der Waals surface area contributed by atoms with E-state index in [1.54, 1.807) is 12.1 Å². The van der Waals surface area contributed by atoms with E-state index in [9.17, 15) is 9.59 Å². The molecule has 1 aromatic rings. The fraction of sp³-hybridized carbons (Fsp3) is 0.273. The van der Waals surface area contributed by atoms with E-state index in [-0.39, 0.29) is 17.6 Å². The molecule has 0 atom stereocenters. The predicted molar refractivity (Wildman–Crippen MR) is 66.3 cm³/mol.